The van der Waals surface area contributed by atoms with Crippen LogP contribution in [0.4, 0.5) is 34.8 Å². The molecular weight excluding hydrogens is 510 g/mol. The second-order valence-corrected chi connectivity index (χ2v) is 9.65. The van der Waals surface area contributed by atoms with Crippen LogP contribution in [0.5, 0.6) is 0 Å². The zero-order chi connectivity index (χ0) is 26.7. The maximum atomic E-state index is 15.4. The zero-order valence-corrected chi connectivity index (χ0v) is 20.9. The molecule has 1 amide bonds. The highest BCUT2D eigenvalue weighted by Crippen LogP contribution is 2.32. The molecule has 1 unspecified atom stereocenters. The first kappa shape index (κ1) is 26.7. The predicted molar refractivity (Wildman–Crippen MR) is 134 cm³/mol. The van der Waals surface area contributed by atoms with E-state index in [1.807, 2.05) is 0 Å². The van der Waals surface area contributed by atoms with Gasteiger partial charge in [0.05, 0.1) is 16.9 Å². The summed E-state index contributed by atoms with van der Waals surface area (Å²) >= 11 is -1.81. The van der Waals surface area contributed by atoms with E-state index < -0.39 is 52.8 Å². The minimum absolute atomic E-state index is 0.0665. The van der Waals surface area contributed by atoms with Crippen LogP contribution in [0.1, 0.15) is 46.8 Å². The number of hydrogen-bond donors (Lipinski definition) is 4. The molecule has 7 nitrogen and oxygen atoms in total. The summed E-state index contributed by atoms with van der Waals surface area (Å²) in [7, 11) is 0. The molecule has 1 heterocycles. The van der Waals surface area contributed by atoms with E-state index >= 15 is 13.2 Å². The summed E-state index contributed by atoms with van der Waals surface area (Å²) in [5.41, 5.74) is -0.649. The van der Waals surface area contributed by atoms with Crippen molar-refractivity contribution in [2.45, 2.75) is 39.2 Å². The molecule has 1 aliphatic rings. The van der Waals surface area contributed by atoms with Gasteiger partial charge in [0.15, 0.2) is 29.0 Å². The van der Waals surface area contributed by atoms with Crippen molar-refractivity contribution < 1.29 is 26.9 Å². The Morgan fingerprint density at radius 3 is 2.51 bits per heavy atom. The fourth-order valence-corrected chi connectivity index (χ4v) is 4.26. The normalized spacial score (nSPS) is 13.8. The third-order valence-corrected chi connectivity index (χ3v) is 6.57. The Morgan fingerprint density at radius 1 is 1.08 bits per heavy atom. The molecule has 1 aliphatic carbocycles. The summed E-state index contributed by atoms with van der Waals surface area (Å²) in [6, 6.07) is 6.46. The fraction of sp³-hybridized carbons (Fsp3) is 0.280. The van der Waals surface area contributed by atoms with Gasteiger partial charge in [0.2, 0.25) is 5.82 Å². The first-order valence-corrected chi connectivity index (χ1v) is 12.7. The van der Waals surface area contributed by atoms with Crippen molar-refractivity contribution in [2.24, 2.45) is 0 Å². The summed E-state index contributed by atoms with van der Waals surface area (Å²) in [5, 5.41) is 5.23. The summed E-state index contributed by atoms with van der Waals surface area (Å²) < 4.78 is 76.9. The lowest BCUT2D eigenvalue weighted by molar-refractivity contribution is 0.0951. The van der Waals surface area contributed by atoms with Crippen molar-refractivity contribution in [3.63, 3.8) is 0 Å². The number of nitrogens with one attached hydrogen (secondary N) is 4. The lowest BCUT2D eigenvalue weighted by Crippen LogP contribution is -2.30. The molecule has 3 aromatic rings. The van der Waals surface area contributed by atoms with Gasteiger partial charge in [-0.3, -0.25) is 4.79 Å². The number of rotatable bonds is 10. The van der Waals surface area contributed by atoms with Crippen LogP contribution in [0.25, 0.3) is 0 Å². The summed E-state index contributed by atoms with van der Waals surface area (Å²) in [6.07, 6.45) is 2.31. The second-order valence-electron chi connectivity index (χ2n) is 8.62. The lowest BCUT2D eigenvalue weighted by atomic mass is 9.99. The first-order valence-electron chi connectivity index (χ1n) is 11.6. The third-order valence-electron chi connectivity index (χ3n) is 5.64. The molecule has 1 fully saturated rings. The van der Waals surface area contributed by atoms with Crippen LogP contribution in [0.3, 0.4) is 0 Å². The van der Waals surface area contributed by atoms with E-state index in [4.69, 9.17) is 0 Å². The highest BCUT2D eigenvalue weighted by atomic mass is 32.2. The molecule has 0 bridgehead atoms. The van der Waals surface area contributed by atoms with Crippen LogP contribution < -0.4 is 20.1 Å². The number of anilines is 3. The maximum Gasteiger partial charge on any atom is 0.253 e. The van der Waals surface area contributed by atoms with Gasteiger partial charge in [0, 0.05) is 25.2 Å². The van der Waals surface area contributed by atoms with Crippen LogP contribution in [-0.4, -0.2) is 28.0 Å². The number of amides is 1. The lowest BCUT2D eigenvalue weighted by Gasteiger charge is -2.17. The van der Waals surface area contributed by atoms with Crippen molar-refractivity contribution in [3.05, 3.63) is 82.1 Å². The fourth-order valence-electron chi connectivity index (χ4n) is 3.61. The highest BCUT2D eigenvalue weighted by Gasteiger charge is 2.29. The number of pyridine rings is 1. The second kappa shape index (κ2) is 11.4. The van der Waals surface area contributed by atoms with Gasteiger partial charge in [0.1, 0.15) is 5.82 Å². The SMILES string of the molecule is CCN[S+]([O-])Nc1nccc(Cc2cc(C(=O)NC3CC3)c(Nc3ccc(C)cc3F)c(F)c2F)c1F. The Balaban J connectivity index is 1.71. The van der Waals surface area contributed by atoms with Gasteiger partial charge in [-0.25, -0.2) is 22.5 Å². The summed E-state index contributed by atoms with van der Waals surface area (Å²) in [5.74, 6) is -5.33. The van der Waals surface area contributed by atoms with Gasteiger partial charge in [-0.05, 0) is 67.6 Å². The molecule has 12 heteroatoms. The molecule has 196 valence electrons. The van der Waals surface area contributed by atoms with E-state index in [9.17, 15) is 13.7 Å². The Bertz CT molecular complexity index is 1320. The zero-order valence-electron chi connectivity index (χ0n) is 20.1. The van der Waals surface area contributed by atoms with Crippen molar-refractivity contribution in [2.75, 3.05) is 16.6 Å². The number of benzene rings is 2. The van der Waals surface area contributed by atoms with Gasteiger partial charge in [0.25, 0.3) is 5.91 Å². The van der Waals surface area contributed by atoms with Gasteiger partial charge in [-0.2, -0.15) is 4.72 Å². The number of aryl methyl sites for hydroxylation is 1. The Labute approximate surface area is 214 Å². The smallest absolute Gasteiger partial charge is 0.253 e. The maximum absolute atomic E-state index is 15.4. The number of hydrogen-bond acceptors (Lipinski definition) is 6. The van der Waals surface area contributed by atoms with Crippen LogP contribution >= 0.6 is 0 Å². The quantitative estimate of drug-likeness (QED) is 0.220. The molecule has 0 spiro atoms. The Hall–Kier alpha value is -3.35. The number of halogens is 4. The molecule has 1 aromatic heterocycles. The highest BCUT2D eigenvalue weighted by molar-refractivity contribution is 7.90. The van der Waals surface area contributed by atoms with Crippen molar-refractivity contribution in [1.29, 1.82) is 0 Å². The third kappa shape index (κ3) is 6.32. The molecule has 0 saturated heterocycles. The number of carbonyl (C=O) groups is 1. The average molecular weight is 536 g/mol. The molecule has 4 N–H and O–H groups in total. The average Bonchev–Trinajstić information content (AvgIpc) is 3.66. The summed E-state index contributed by atoms with van der Waals surface area (Å²) in [4.78, 5) is 16.8. The van der Waals surface area contributed by atoms with Crippen LogP contribution in [0, 0.1) is 30.2 Å². The minimum Gasteiger partial charge on any atom is -0.574 e. The van der Waals surface area contributed by atoms with Gasteiger partial charge >= 0.3 is 0 Å². The van der Waals surface area contributed by atoms with Crippen molar-refractivity contribution >= 4 is 34.6 Å². The number of nitrogens with zero attached hydrogens (tertiary/aromatic N) is 1. The van der Waals surface area contributed by atoms with Gasteiger partial charge < -0.3 is 15.2 Å². The number of carbonyl (C=O) groups excluding carboxylic acids is 1. The van der Waals surface area contributed by atoms with E-state index in [1.54, 1.807) is 19.9 Å². The molecule has 4 rings (SSSR count). The first-order chi connectivity index (χ1) is 17.7. The van der Waals surface area contributed by atoms with E-state index in [0.29, 0.717) is 12.1 Å². The van der Waals surface area contributed by atoms with Crippen LogP contribution in [0.15, 0.2) is 36.5 Å². The summed E-state index contributed by atoms with van der Waals surface area (Å²) in [6.45, 7) is 3.73. The molecule has 0 radical (unpaired) electrons. The van der Waals surface area contributed by atoms with Crippen LogP contribution in [-0.2, 0) is 18.0 Å². The van der Waals surface area contributed by atoms with E-state index in [2.05, 4.69) is 25.1 Å². The standard InChI is InChI=1S/C25H25F4N5O2S/c1-3-31-37(36)34-24-21(28)14(8-9-30-24)11-15-12-17(25(35)32-16-5-6-16)23(22(29)20(15)27)33-19-7-4-13(2)10-18(19)26/h4,7-10,12,16,31,33H,3,5-6,11H2,1-2H3,(H,30,34)(H,32,35). The molecule has 1 atom stereocenters. The van der Waals surface area contributed by atoms with Gasteiger partial charge in [-0.15, -0.1) is 4.72 Å². The molecule has 2 aromatic carbocycles. The van der Waals surface area contributed by atoms with E-state index in [-0.39, 0.29) is 34.2 Å². The number of aromatic nitrogens is 1. The van der Waals surface area contributed by atoms with Crippen molar-refractivity contribution in [1.82, 2.24) is 15.0 Å². The Kier molecular flexibility index (Phi) is 8.20. The van der Waals surface area contributed by atoms with Crippen molar-refractivity contribution in [3.8, 4) is 0 Å². The van der Waals surface area contributed by atoms with E-state index in [0.717, 1.165) is 18.9 Å². The molecule has 1 saturated carbocycles. The minimum atomic E-state index is -1.81. The largest absolute Gasteiger partial charge is 0.574 e. The molecule has 0 aliphatic heterocycles. The Morgan fingerprint density at radius 2 is 1.84 bits per heavy atom. The van der Waals surface area contributed by atoms with Gasteiger partial charge in [-0.1, -0.05) is 6.07 Å². The molecular formula is C25H25F4N5O2S. The predicted octanol–water partition coefficient (Wildman–Crippen LogP) is 4.77. The van der Waals surface area contributed by atoms with E-state index in [1.165, 1.54) is 24.4 Å². The topological polar surface area (TPSA) is 101 Å². The molecule has 37 heavy (non-hydrogen) atoms. The monoisotopic (exact) mass is 535 g/mol. The van der Waals surface area contributed by atoms with Crippen LogP contribution in [0.2, 0.25) is 0 Å².